The van der Waals surface area contributed by atoms with Crippen LogP contribution >= 0.6 is 0 Å². The zero-order valence-electron chi connectivity index (χ0n) is 13.8. The van der Waals surface area contributed by atoms with E-state index in [9.17, 15) is 5.11 Å². The smallest absolute Gasteiger partial charge is 0.0843 e. The van der Waals surface area contributed by atoms with Crippen molar-refractivity contribution in [1.82, 2.24) is 9.88 Å². The van der Waals surface area contributed by atoms with Gasteiger partial charge in [-0.25, -0.2) is 0 Å². The molecule has 1 atom stereocenters. The Labute approximate surface area is 133 Å². The number of hydrogen-bond acceptors (Lipinski definition) is 2. The van der Waals surface area contributed by atoms with Crippen molar-refractivity contribution in [1.29, 1.82) is 0 Å². The zero-order chi connectivity index (χ0) is 15.5. The SMILES string of the molecule is Cc1c(C)n(CC(O)CNC2CCCCC2)c2ccccc12. The number of nitrogens with one attached hydrogen (secondary N) is 1. The predicted octanol–water partition coefficient (Wildman–Crippen LogP) is 3.54. The second-order valence-corrected chi connectivity index (χ2v) is 6.74. The van der Waals surface area contributed by atoms with E-state index in [1.807, 2.05) is 0 Å². The molecule has 1 fully saturated rings. The summed E-state index contributed by atoms with van der Waals surface area (Å²) in [4.78, 5) is 0. The lowest BCUT2D eigenvalue weighted by atomic mass is 9.95. The lowest BCUT2D eigenvalue weighted by Crippen LogP contribution is -2.38. The Hall–Kier alpha value is -1.32. The lowest BCUT2D eigenvalue weighted by molar-refractivity contribution is 0.145. The van der Waals surface area contributed by atoms with Crippen molar-refractivity contribution in [2.75, 3.05) is 6.54 Å². The Bertz CT molecular complexity index is 626. The molecule has 2 N–H and O–H groups in total. The normalized spacial score (nSPS) is 18.0. The molecule has 3 heteroatoms. The minimum Gasteiger partial charge on any atom is -0.390 e. The third-order valence-electron chi connectivity index (χ3n) is 5.19. The molecular weight excluding hydrogens is 272 g/mol. The van der Waals surface area contributed by atoms with Crippen LogP contribution in [0.3, 0.4) is 0 Å². The molecule has 1 aromatic carbocycles. The van der Waals surface area contributed by atoms with Crippen LogP contribution in [0.15, 0.2) is 24.3 Å². The van der Waals surface area contributed by atoms with Gasteiger partial charge in [0.15, 0.2) is 0 Å². The van der Waals surface area contributed by atoms with E-state index in [1.54, 1.807) is 0 Å². The number of aliphatic hydroxyl groups is 1. The second kappa shape index (κ2) is 6.84. The van der Waals surface area contributed by atoms with Gasteiger partial charge in [0, 0.05) is 29.2 Å². The number of aromatic nitrogens is 1. The molecule has 1 unspecified atom stereocenters. The number of para-hydroxylation sites is 1. The van der Waals surface area contributed by atoms with E-state index >= 15 is 0 Å². The fraction of sp³-hybridized carbons (Fsp3) is 0.579. The molecule has 0 aliphatic heterocycles. The van der Waals surface area contributed by atoms with Crippen LogP contribution in [0.2, 0.25) is 0 Å². The van der Waals surface area contributed by atoms with E-state index in [-0.39, 0.29) is 6.10 Å². The number of aryl methyl sites for hydroxylation is 1. The number of fused-ring (bicyclic) bond motifs is 1. The molecule has 1 aliphatic rings. The van der Waals surface area contributed by atoms with Gasteiger partial charge in [0.25, 0.3) is 0 Å². The highest BCUT2D eigenvalue weighted by molar-refractivity contribution is 5.85. The summed E-state index contributed by atoms with van der Waals surface area (Å²) in [6, 6.07) is 9.08. The van der Waals surface area contributed by atoms with Crippen LogP contribution in [0.5, 0.6) is 0 Å². The molecule has 3 rings (SSSR count). The van der Waals surface area contributed by atoms with Crippen LogP contribution < -0.4 is 5.32 Å². The third-order valence-corrected chi connectivity index (χ3v) is 5.19. The highest BCUT2D eigenvalue weighted by Crippen LogP contribution is 2.25. The summed E-state index contributed by atoms with van der Waals surface area (Å²) in [6.45, 7) is 5.67. The predicted molar refractivity (Wildman–Crippen MR) is 92.3 cm³/mol. The Balaban J connectivity index is 1.66. The maximum Gasteiger partial charge on any atom is 0.0843 e. The summed E-state index contributed by atoms with van der Waals surface area (Å²) in [5.41, 5.74) is 3.81. The molecule has 0 amide bonds. The van der Waals surface area contributed by atoms with Gasteiger partial charge in [0.2, 0.25) is 0 Å². The van der Waals surface area contributed by atoms with Crippen LogP contribution in [-0.4, -0.2) is 28.4 Å². The second-order valence-electron chi connectivity index (χ2n) is 6.74. The van der Waals surface area contributed by atoms with Gasteiger partial charge in [-0.2, -0.15) is 0 Å². The maximum absolute atomic E-state index is 10.4. The Morgan fingerprint density at radius 2 is 1.91 bits per heavy atom. The average molecular weight is 300 g/mol. The average Bonchev–Trinajstić information content (AvgIpc) is 2.79. The highest BCUT2D eigenvalue weighted by atomic mass is 16.3. The molecular formula is C19H28N2O. The first-order chi connectivity index (χ1) is 10.7. The molecule has 2 aromatic rings. The summed E-state index contributed by atoms with van der Waals surface area (Å²) < 4.78 is 2.26. The van der Waals surface area contributed by atoms with Gasteiger partial charge in [-0.15, -0.1) is 0 Å². The summed E-state index contributed by atoms with van der Waals surface area (Å²) >= 11 is 0. The van der Waals surface area contributed by atoms with Gasteiger partial charge in [-0.3, -0.25) is 0 Å². The first-order valence-corrected chi connectivity index (χ1v) is 8.62. The maximum atomic E-state index is 10.4. The molecule has 0 bridgehead atoms. The van der Waals surface area contributed by atoms with Gasteiger partial charge in [-0.05, 0) is 38.3 Å². The van der Waals surface area contributed by atoms with Crippen molar-refractivity contribution >= 4 is 10.9 Å². The van der Waals surface area contributed by atoms with Crippen LogP contribution in [0.1, 0.15) is 43.4 Å². The summed E-state index contributed by atoms with van der Waals surface area (Å²) in [6.07, 6.45) is 6.21. The fourth-order valence-corrected chi connectivity index (χ4v) is 3.72. The molecule has 1 aliphatic carbocycles. The summed E-state index contributed by atoms with van der Waals surface area (Å²) in [5.74, 6) is 0. The molecule has 0 saturated heterocycles. The van der Waals surface area contributed by atoms with E-state index in [2.05, 4.69) is 48.0 Å². The van der Waals surface area contributed by atoms with E-state index in [0.29, 0.717) is 19.1 Å². The van der Waals surface area contributed by atoms with Crippen molar-refractivity contribution < 1.29 is 5.11 Å². The monoisotopic (exact) mass is 300 g/mol. The first-order valence-electron chi connectivity index (χ1n) is 8.62. The molecule has 22 heavy (non-hydrogen) atoms. The number of nitrogens with zero attached hydrogens (tertiary/aromatic N) is 1. The van der Waals surface area contributed by atoms with E-state index in [0.717, 1.165) is 0 Å². The number of aliphatic hydroxyl groups excluding tert-OH is 1. The van der Waals surface area contributed by atoms with Gasteiger partial charge in [0.05, 0.1) is 12.6 Å². The molecule has 0 radical (unpaired) electrons. The minimum atomic E-state index is -0.337. The van der Waals surface area contributed by atoms with Crippen molar-refractivity contribution in [2.45, 2.75) is 64.6 Å². The molecule has 0 spiro atoms. The minimum absolute atomic E-state index is 0.337. The molecule has 1 aromatic heterocycles. The van der Waals surface area contributed by atoms with Crippen molar-refractivity contribution in [3.8, 4) is 0 Å². The van der Waals surface area contributed by atoms with Crippen molar-refractivity contribution in [3.63, 3.8) is 0 Å². The number of rotatable bonds is 5. The largest absolute Gasteiger partial charge is 0.390 e. The van der Waals surface area contributed by atoms with Crippen LogP contribution in [0.25, 0.3) is 10.9 Å². The van der Waals surface area contributed by atoms with Gasteiger partial charge in [0.1, 0.15) is 0 Å². The van der Waals surface area contributed by atoms with Crippen LogP contribution in [0.4, 0.5) is 0 Å². The molecule has 3 nitrogen and oxygen atoms in total. The summed E-state index contributed by atoms with van der Waals surface area (Å²) in [7, 11) is 0. The van der Waals surface area contributed by atoms with Crippen LogP contribution in [-0.2, 0) is 6.54 Å². The van der Waals surface area contributed by atoms with E-state index < -0.39 is 0 Å². The summed E-state index contributed by atoms with van der Waals surface area (Å²) in [5, 5.41) is 15.3. The van der Waals surface area contributed by atoms with Gasteiger partial charge >= 0.3 is 0 Å². The van der Waals surface area contributed by atoms with E-state index in [1.165, 1.54) is 54.3 Å². The lowest BCUT2D eigenvalue weighted by Gasteiger charge is -2.24. The number of hydrogen-bond donors (Lipinski definition) is 2. The quantitative estimate of drug-likeness (QED) is 0.886. The molecule has 120 valence electrons. The highest BCUT2D eigenvalue weighted by Gasteiger charge is 2.16. The Morgan fingerprint density at radius 1 is 1.18 bits per heavy atom. The Morgan fingerprint density at radius 3 is 2.68 bits per heavy atom. The number of benzene rings is 1. The molecule has 1 heterocycles. The van der Waals surface area contributed by atoms with E-state index in [4.69, 9.17) is 0 Å². The standard InChI is InChI=1S/C19H28N2O/c1-14-15(2)21(19-11-7-6-10-18(14)19)13-17(22)12-20-16-8-4-3-5-9-16/h6-7,10-11,16-17,20,22H,3-5,8-9,12-13H2,1-2H3. The third kappa shape index (κ3) is 3.21. The zero-order valence-corrected chi connectivity index (χ0v) is 13.8. The van der Waals surface area contributed by atoms with Gasteiger partial charge < -0.3 is 15.0 Å². The Kier molecular flexibility index (Phi) is 4.84. The van der Waals surface area contributed by atoms with Crippen LogP contribution in [0, 0.1) is 13.8 Å². The topological polar surface area (TPSA) is 37.2 Å². The first kappa shape index (κ1) is 15.6. The molecule has 1 saturated carbocycles. The fourth-order valence-electron chi connectivity index (χ4n) is 3.72. The van der Waals surface area contributed by atoms with Crippen molar-refractivity contribution in [3.05, 3.63) is 35.5 Å². The van der Waals surface area contributed by atoms with Gasteiger partial charge in [-0.1, -0.05) is 37.5 Å². The van der Waals surface area contributed by atoms with Crippen molar-refractivity contribution in [2.24, 2.45) is 0 Å².